The standard InChI is InChI=1S/C22H22ClF2N5O2/c1-14(22(31)26-19-12-17(24)6-7-18(19)25)30-10-8-29(9-11-30)13-20-27-21(28-32-20)15-2-4-16(23)5-3-15/h2-7,12,14H,8-11,13H2,1H3,(H,26,31). The first-order valence-electron chi connectivity index (χ1n) is 10.2. The van der Waals surface area contributed by atoms with Crippen molar-refractivity contribution in [3.8, 4) is 11.4 Å². The lowest BCUT2D eigenvalue weighted by Crippen LogP contribution is -2.52. The Labute approximate surface area is 189 Å². The van der Waals surface area contributed by atoms with Gasteiger partial charge in [0.15, 0.2) is 0 Å². The van der Waals surface area contributed by atoms with Crippen LogP contribution in [-0.2, 0) is 11.3 Å². The molecule has 0 aliphatic carbocycles. The molecule has 2 heterocycles. The van der Waals surface area contributed by atoms with Crippen LogP contribution in [0.15, 0.2) is 47.0 Å². The maximum atomic E-state index is 13.8. The van der Waals surface area contributed by atoms with Crippen molar-refractivity contribution in [1.29, 1.82) is 0 Å². The predicted octanol–water partition coefficient (Wildman–Crippen LogP) is 3.81. The van der Waals surface area contributed by atoms with Crippen LogP contribution < -0.4 is 5.32 Å². The van der Waals surface area contributed by atoms with Crippen molar-refractivity contribution in [1.82, 2.24) is 19.9 Å². The Morgan fingerprint density at radius 3 is 2.59 bits per heavy atom. The molecular weight excluding hydrogens is 440 g/mol. The van der Waals surface area contributed by atoms with Crippen LogP contribution in [0.25, 0.3) is 11.4 Å². The molecule has 0 bridgehead atoms. The number of rotatable bonds is 6. The number of halogens is 3. The fourth-order valence-corrected chi connectivity index (χ4v) is 3.66. The van der Waals surface area contributed by atoms with E-state index in [1.807, 2.05) is 17.0 Å². The number of piperazine rings is 1. The van der Waals surface area contributed by atoms with Crippen LogP contribution in [-0.4, -0.2) is 58.1 Å². The van der Waals surface area contributed by atoms with Gasteiger partial charge in [-0.2, -0.15) is 4.98 Å². The zero-order valence-corrected chi connectivity index (χ0v) is 18.1. The fourth-order valence-electron chi connectivity index (χ4n) is 3.53. The monoisotopic (exact) mass is 461 g/mol. The average molecular weight is 462 g/mol. The van der Waals surface area contributed by atoms with E-state index < -0.39 is 17.7 Å². The summed E-state index contributed by atoms with van der Waals surface area (Å²) in [5, 5.41) is 7.13. The smallest absolute Gasteiger partial charge is 0.241 e. The number of carbonyl (C=O) groups is 1. The highest BCUT2D eigenvalue weighted by Crippen LogP contribution is 2.20. The Hall–Kier alpha value is -2.88. The molecule has 0 radical (unpaired) electrons. The Kier molecular flexibility index (Phi) is 6.78. The molecule has 1 aromatic heterocycles. The summed E-state index contributed by atoms with van der Waals surface area (Å²) in [6.45, 7) is 4.92. The van der Waals surface area contributed by atoms with Gasteiger partial charge in [-0.3, -0.25) is 14.6 Å². The van der Waals surface area contributed by atoms with Crippen molar-refractivity contribution in [2.45, 2.75) is 19.5 Å². The largest absolute Gasteiger partial charge is 0.338 e. The highest BCUT2D eigenvalue weighted by Gasteiger charge is 2.27. The number of hydrogen-bond acceptors (Lipinski definition) is 6. The van der Waals surface area contributed by atoms with Gasteiger partial charge in [-0.15, -0.1) is 0 Å². The molecule has 168 valence electrons. The molecule has 4 rings (SSSR count). The van der Waals surface area contributed by atoms with Crippen LogP contribution in [0, 0.1) is 11.6 Å². The Balaban J connectivity index is 1.29. The third-order valence-electron chi connectivity index (χ3n) is 5.45. The van der Waals surface area contributed by atoms with E-state index in [0.717, 1.165) is 23.8 Å². The average Bonchev–Trinajstić information content (AvgIpc) is 3.25. The number of nitrogens with zero attached hydrogens (tertiary/aromatic N) is 4. The lowest BCUT2D eigenvalue weighted by Gasteiger charge is -2.36. The maximum Gasteiger partial charge on any atom is 0.241 e. The topological polar surface area (TPSA) is 74.5 Å². The Bertz CT molecular complexity index is 1080. The molecule has 1 unspecified atom stereocenters. The van der Waals surface area contributed by atoms with Gasteiger partial charge in [0, 0.05) is 42.8 Å². The number of benzene rings is 2. The van der Waals surface area contributed by atoms with E-state index in [-0.39, 0.29) is 11.6 Å². The van der Waals surface area contributed by atoms with E-state index in [1.165, 1.54) is 0 Å². The SMILES string of the molecule is CC(C(=O)Nc1cc(F)ccc1F)N1CCN(Cc2nc(-c3ccc(Cl)cc3)no2)CC1. The van der Waals surface area contributed by atoms with E-state index in [0.29, 0.717) is 49.5 Å². The van der Waals surface area contributed by atoms with E-state index in [9.17, 15) is 13.6 Å². The molecule has 1 amide bonds. The second-order valence-electron chi connectivity index (χ2n) is 7.62. The van der Waals surface area contributed by atoms with Gasteiger partial charge < -0.3 is 9.84 Å². The number of anilines is 1. The lowest BCUT2D eigenvalue weighted by atomic mass is 10.2. The van der Waals surface area contributed by atoms with Crippen LogP contribution in [0.1, 0.15) is 12.8 Å². The van der Waals surface area contributed by atoms with Gasteiger partial charge in [0.2, 0.25) is 17.6 Å². The molecule has 3 aromatic rings. The molecule has 7 nitrogen and oxygen atoms in total. The number of nitrogens with one attached hydrogen (secondary N) is 1. The van der Waals surface area contributed by atoms with Crippen LogP contribution in [0.4, 0.5) is 14.5 Å². The van der Waals surface area contributed by atoms with Crippen LogP contribution >= 0.6 is 11.6 Å². The van der Waals surface area contributed by atoms with Crippen LogP contribution in [0.5, 0.6) is 0 Å². The minimum absolute atomic E-state index is 0.159. The van der Waals surface area contributed by atoms with Gasteiger partial charge in [-0.05, 0) is 43.3 Å². The Morgan fingerprint density at radius 1 is 1.16 bits per heavy atom. The highest BCUT2D eigenvalue weighted by atomic mass is 35.5. The van der Waals surface area contributed by atoms with Crippen LogP contribution in [0.3, 0.4) is 0 Å². The quantitative estimate of drug-likeness (QED) is 0.601. The van der Waals surface area contributed by atoms with Gasteiger partial charge in [0.25, 0.3) is 0 Å². The molecule has 0 saturated carbocycles. The van der Waals surface area contributed by atoms with Crippen molar-refractivity contribution in [3.05, 3.63) is 65.0 Å². The summed E-state index contributed by atoms with van der Waals surface area (Å²) >= 11 is 5.91. The second-order valence-corrected chi connectivity index (χ2v) is 8.06. The maximum absolute atomic E-state index is 13.8. The van der Waals surface area contributed by atoms with E-state index in [1.54, 1.807) is 19.1 Å². The Morgan fingerprint density at radius 2 is 1.88 bits per heavy atom. The summed E-state index contributed by atoms with van der Waals surface area (Å²) in [7, 11) is 0. The highest BCUT2D eigenvalue weighted by molar-refractivity contribution is 6.30. The second kappa shape index (κ2) is 9.72. The fraction of sp³-hybridized carbons (Fsp3) is 0.318. The van der Waals surface area contributed by atoms with Gasteiger partial charge in [0.1, 0.15) is 11.6 Å². The molecule has 32 heavy (non-hydrogen) atoms. The first kappa shape index (κ1) is 22.3. The molecule has 1 aliphatic rings. The van der Waals surface area contributed by atoms with Crippen LogP contribution in [0.2, 0.25) is 5.02 Å². The van der Waals surface area contributed by atoms with E-state index in [4.69, 9.17) is 16.1 Å². The van der Waals surface area contributed by atoms with Gasteiger partial charge in [0.05, 0.1) is 18.3 Å². The molecule has 10 heteroatoms. The predicted molar refractivity (Wildman–Crippen MR) is 116 cm³/mol. The summed E-state index contributed by atoms with van der Waals surface area (Å²) in [4.78, 5) is 21.1. The van der Waals surface area contributed by atoms with Gasteiger partial charge >= 0.3 is 0 Å². The van der Waals surface area contributed by atoms with E-state index >= 15 is 0 Å². The summed E-state index contributed by atoms with van der Waals surface area (Å²) in [5.74, 6) is -0.647. The molecule has 1 N–H and O–H groups in total. The zero-order valence-electron chi connectivity index (χ0n) is 17.4. The first-order valence-corrected chi connectivity index (χ1v) is 10.6. The summed E-state index contributed by atoms with van der Waals surface area (Å²) in [6.07, 6.45) is 0. The van der Waals surface area contributed by atoms with Gasteiger partial charge in [-0.25, -0.2) is 8.78 Å². The summed E-state index contributed by atoms with van der Waals surface area (Å²) < 4.78 is 32.5. The minimum atomic E-state index is -0.672. The summed E-state index contributed by atoms with van der Waals surface area (Å²) in [6, 6.07) is 9.69. The lowest BCUT2D eigenvalue weighted by molar-refractivity contribution is -0.121. The molecule has 1 fully saturated rings. The van der Waals surface area contributed by atoms with Crippen molar-refractivity contribution in [2.75, 3.05) is 31.5 Å². The van der Waals surface area contributed by atoms with E-state index in [2.05, 4.69) is 20.4 Å². The third kappa shape index (κ3) is 5.29. The number of carbonyl (C=O) groups excluding carboxylic acids is 1. The molecule has 1 atom stereocenters. The number of aromatic nitrogens is 2. The normalized spacial score (nSPS) is 16.1. The molecular formula is C22H22ClF2N5O2. The minimum Gasteiger partial charge on any atom is -0.338 e. The van der Waals surface area contributed by atoms with Crippen molar-refractivity contribution < 1.29 is 18.1 Å². The van der Waals surface area contributed by atoms with Crippen molar-refractivity contribution >= 4 is 23.2 Å². The zero-order chi connectivity index (χ0) is 22.7. The molecule has 0 spiro atoms. The molecule has 1 aliphatic heterocycles. The first-order chi connectivity index (χ1) is 15.4. The van der Waals surface area contributed by atoms with Crippen molar-refractivity contribution in [2.24, 2.45) is 0 Å². The molecule has 1 saturated heterocycles. The molecule has 2 aromatic carbocycles. The third-order valence-corrected chi connectivity index (χ3v) is 5.70. The number of hydrogen-bond donors (Lipinski definition) is 1. The summed E-state index contributed by atoms with van der Waals surface area (Å²) in [5.41, 5.74) is 0.664. The van der Waals surface area contributed by atoms with Crippen molar-refractivity contribution in [3.63, 3.8) is 0 Å². The van der Waals surface area contributed by atoms with Gasteiger partial charge in [-0.1, -0.05) is 16.8 Å². The number of amides is 1.